The molecular weight excluding hydrogens is 353 g/mol. The van der Waals surface area contributed by atoms with Crippen LogP contribution in [0.5, 0.6) is 5.75 Å². The van der Waals surface area contributed by atoms with Gasteiger partial charge in [-0.2, -0.15) is 0 Å². The van der Waals surface area contributed by atoms with Crippen molar-refractivity contribution in [2.45, 2.75) is 24.5 Å². The summed E-state index contributed by atoms with van der Waals surface area (Å²) in [5, 5.41) is 11.2. The van der Waals surface area contributed by atoms with E-state index in [1.165, 1.54) is 0 Å². The van der Waals surface area contributed by atoms with E-state index in [1.54, 1.807) is 18.2 Å². The van der Waals surface area contributed by atoms with Gasteiger partial charge in [-0.15, -0.1) is 0 Å². The number of aliphatic hydroxyl groups is 1. The van der Waals surface area contributed by atoms with Crippen molar-refractivity contribution in [2.75, 3.05) is 46.1 Å². The second kappa shape index (κ2) is 8.21. The fraction of sp³-hybridized carbons (Fsp3) is 0.647. The number of ether oxygens (including phenoxy) is 3. The normalized spacial score (nSPS) is 22.5. The second-order valence-electron chi connectivity index (χ2n) is 6.39. The van der Waals surface area contributed by atoms with Crippen LogP contribution in [0.15, 0.2) is 18.2 Å². The van der Waals surface area contributed by atoms with E-state index >= 15 is 0 Å². The van der Waals surface area contributed by atoms with Crippen molar-refractivity contribution >= 4 is 23.2 Å². The Hall–Kier alpha value is -0.560. The highest BCUT2D eigenvalue weighted by Gasteiger charge is 2.38. The maximum atomic E-state index is 10.3. The SMILES string of the molecule is OC(COc1c(Cl)cccc1Cl)CN1CCOC2(CCOCC2)C1. The van der Waals surface area contributed by atoms with Crippen molar-refractivity contribution in [3.8, 4) is 5.75 Å². The summed E-state index contributed by atoms with van der Waals surface area (Å²) in [5.74, 6) is 0.419. The predicted octanol–water partition coefficient (Wildman–Crippen LogP) is 2.61. The van der Waals surface area contributed by atoms with E-state index in [9.17, 15) is 5.11 Å². The van der Waals surface area contributed by atoms with E-state index in [0.29, 0.717) is 28.9 Å². The Morgan fingerprint density at radius 1 is 1.21 bits per heavy atom. The van der Waals surface area contributed by atoms with Gasteiger partial charge in [0.1, 0.15) is 12.7 Å². The smallest absolute Gasteiger partial charge is 0.156 e. The lowest BCUT2D eigenvalue weighted by molar-refractivity contribution is -0.157. The topological polar surface area (TPSA) is 51.2 Å². The molecule has 1 aromatic carbocycles. The maximum Gasteiger partial charge on any atom is 0.156 e. The molecule has 2 fully saturated rings. The summed E-state index contributed by atoms with van der Waals surface area (Å²) in [6, 6.07) is 5.19. The summed E-state index contributed by atoms with van der Waals surface area (Å²) < 4.78 is 17.1. The molecule has 0 saturated carbocycles. The van der Waals surface area contributed by atoms with Crippen LogP contribution < -0.4 is 4.74 Å². The third-order valence-corrected chi connectivity index (χ3v) is 5.13. The Labute approximate surface area is 152 Å². The van der Waals surface area contributed by atoms with Gasteiger partial charge >= 0.3 is 0 Å². The minimum absolute atomic E-state index is 0.122. The van der Waals surface area contributed by atoms with Crippen LogP contribution in [-0.2, 0) is 9.47 Å². The van der Waals surface area contributed by atoms with Gasteiger partial charge in [-0.25, -0.2) is 0 Å². The van der Waals surface area contributed by atoms with Crippen molar-refractivity contribution in [2.24, 2.45) is 0 Å². The molecule has 1 aromatic rings. The number of benzene rings is 1. The van der Waals surface area contributed by atoms with Crippen molar-refractivity contribution in [3.05, 3.63) is 28.2 Å². The van der Waals surface area contributed by atoms with Gasteiger partial charge < -0.3 is 19.3 Å². The monoisotopic (exact) mass is 375 g/mol. The van der Waals surface area contributed by atoms with E-state index in [4.69, 9.17) is 37.4 Å². The van der Waals surface area contributed by atoms with Crippen LogP contribution >= 0.6 is 23.2 Å². The van der Waals surface area contributed by atoms with Gasteiger partial charge in [-0.3, -0.25) is 4.90 Å². The molecule has 7 heteroatoms. The van der Waals surface area contributed by atoms with Gasteiger partial charge in [-0.05, 0) is 12.1 Å². The molecule has 0 amide bonds. The predicted molar refractivity (Wildman–Crippen MR) is 93.1 cm³/mol. The first kappa shape index (κ1) is 18.2. The first-order valence-corrected chi connectivity index (χ1v) is 9.02. The number of morpholine rings is 1. The molecule has 1 unspecified atom stereocenters. The third-order valence-electron chi connectivity index (χ3n) is 4.54. The minimum Gasteiger partial charge on any atom is -0.488 e. The Morgan fingerprint density at radius 3 is 2.62 bits per heavy atom. The molecule has 0 aromatic heterocycles. The van der Waals surface area contributed by atoms with Gasteiger partial charge in [0.05, 0.1) is 22.3 Å². The molecule has 2 aliphatic heterocycles. The number of hydrogen-bond donors (Lipinski definition) is 1. The van der Waals surface area contributed by atoms with Gasteiger partial charge in [0, 0.05) is 45.7 Å². The zero-order chi connectivity index (χ0) is 17.0. The Bertz CT molecular complexity index is 526. The molecule has 24 heavy (non-hydrogen) atoms. The fourth-order valence-corrected chi connectivity index (χ4v) is 3.78. The molecule has 5 nitrogen and oxygen atoms in total. The first-order valence-electron chi connectivity index (χ1n) is 8.27. The van der Waals surface area contributed by atoms with Crippen LogP contribution in [-0.4, -0.2) is 67.8 Å². The lowest BCUT2D eigenvalue weighted by Crippen LogP contribution is -2.55. The highest BCUT2D eigenvalue weighted by atomic mass is 35.5. The van der Waals surface area contributed by atoms with E-state index in [-0.39, 0.29) is 12.2 Å². The van der Waals surface area contributed by atoms with Crippen LogP contribution in [0.4, 0.5) is 0 Å². The molecule has 2 saturated heterocycles. The number of rotatable bonds is 5. The fourth-order valence-electron chi connectivity index (χ4n) is 3.28. The Morgan fingerprint density at radius 2 is 1.92 bits per heavy atom. The largest absolute Gasteiger partial charge is 0.488 e. The van der Waals surface area contributed by atoms with E-state index < -0.39 is 6.10 Å². The highest BCUT2D eigenvalue weighted by Crippen LogP contribution is 2.32. The molecule has 1 N–H and O–H groups in total. The Kier molecular flexibility index (Phi) is 6.24. The van der Waals surface area contributed by atoms with Crippen LogP contribution in [0.2, 0.25) is 10.0 Å². The molecule has 2 heterocycles. The number of para-hydroxylation sites is 1. The first-order chi connectivity index (χ1) is 11.6. The van der Waals surface area contributed by atoms with Crippen molar-refractivity contribution in [1.82, 2.24) is 4.90 Å². The highest BCUT2D eigenvalue weighted by molar-refractivity contribution is 6.37. The molecule has 0 radical (unpaired) electrons. The van der Waals surface area contributed by atoms with Crippen molar-refractivity contribution < 1.29 is 19.3 Å². The molecule has 1 atom stereocenters. The number of nitrogens with zero attached hydrogens (tertiary/aromatic N) is 1. The molecule has 134 valence electrons. The molecule has 0 bridgehead atoms. The number of hydrogen-bond acceptors (Lipinski definition) is 5. The zero-order valence-corrected chi connectivity index (χ0v) is 15.1. The number of aliphatic hydroxyl groups excluding tert-OH is 1. The average molecular weight is 376 g/mol. The number of halogens is 2. The summed E-state index contributed by atoms with van der Waals surface area (Å²) in [6.45, 7) is 4.48. The number of β-amino-alcohol motifs (C(OH)–C–C–N with tert-alkyl or cyclic N) is 1. The van der Waals surface area contributed by atoms with Crippen LogP contribution in [0.25, 0.3) is 0 Å². The van der Waals surface area contributed by atoms with E-state index in [0.717, 1.165) is 39.1 Å². The molecule has 1 spiro atoms. The summed E-state index contributed by atoms with van der Waals surface area (Å²) in [4.78, 5) is 2.23. The maximum absolute atomic E-state index is 10.3. The summed E-state index contributed by atoms with van der Waals surface area (Å²) in [5.41, 5.74) is -0.122. The lowest BCUT2D eigenvalue weighted by atomic mass is 9.92. The van der Waals surface area contributed by atoms with Gasteiger partial charge in [-0.1, -0.05) is 29.3 Å². The zero-order valence-electron chi connectivity index (χ0n) is 13.5. The van der Waals surface area contributed by atoms with E-state index in [2.05, 4.69) is 4.90 Å². The Balaban J connectivity index is 1.50. The second-order valence-corrected chi connectivity index (χ2v) is 7.21. The van der Waals surface area contributed by atoms with Crippen LogP contribution in [0.1, 0.15) is 12.8 Å². The molecule has 3 rings (SSSR count). The quantitative estimate of drug-likeness (QED) is 0.856. The van der Waals surface area contributed by atoms with Gasteiger partial charge in [0.15, 0.2) is 5.75 Å². The van der Waals surface area contributed by atoms with Crippen LogP contribution in [0, 0.1) is 0 Å². The van der Waals surface area contributed by atoms with Gasteiger partial charge in [0.25, 0.3) is 0 Å². The summed E-state index contributed by atoms with van der Waals surface area (Å²) in [7, 11) is 0. The molecular formula is C17H23Cl2NO4. The minimum atomic E-state index is -0.618. The lowest BCUT2D eigenvalue weighted by Gasteiger charge is -2.45. The molecule has 2 aliphatic rings. The van der Waals surface area contributed by atoms with Gasteiger partial charge in [0.2, 0.25) is 0 Å². The van der Waals surface area contributed by atoms with E-state index in [1.807, 2.05) is 0 Å². The molecule has 0 aliphatic carbocycles. The van der Waals surface area contributed by atoms with Crippen LogP contribution in [0.3, 0.4) is 0 Å². The summed E-state index contributed by atoms with van der Waals surface area (Å²) >= 11 is 12.1. The average Bonchev–Trinajstić information content (AvgIpc) is 2.55. The van der Waals surface area contributed by atoms with Crippen molar-refractivity contribution in [3.63, 3.8) is 0 Å². The van der Waals surface area contributed by atoms with Crippen molar-refractivity contribution in [1.29, 1.82) is 0 Å². The summed E-state index contributed by atoms with van der Waals surface area (Å²) in [6.07, 6.45) is 1.20. The standard InChI is InChI=1S/C17H23Cl2NO4/c18-14-2-1-3-15(19)16(14)23-11-13(21)10-20-6-9-24-17(12-20)4-7-22-8-5-17/h1-3,13,21H,4-12H2. The third kappa shape index (κ3) is 4.54.